The van der Waals surface area contributed by atoms with Gasteiger partial charge in [0.15, 0.2) is 0 Å². The summed E-state index contributed by atoms with van der Waals surface area (Å²) in [7, 11) is 0. The number of H-pyrrole nitrogens is 1. The standard InChI is InChI=1S/C14H11N.C8H8/c1-2-10-6-5-8-12-11-7-3-4-9-13(11)15-14(10)12;1-2-8-6-4-3-5-7-8/h2-9,15H,1H2;2-7H,1H2. The molecule has 1 heterocycles. The van der Waals surface area contributed by atoms with Crippen LogP contribution in [0.25, 0.3) is 34.0 Å². The molecule has 0 aliphatic heterocycles. The minimum absolute atomic E-state index is 1.16. The SMILES string of the molecule is C=Cc1cccc2c1[nH]c1ccccc12.C=Cc1ccccc1. The van der Waals surface area contributed by atoms with E-state index >= 15 is 0 Å². The zero-order valence-electron chi connectivity index (χ0n) is 13.0. The van der Waals surface area contributed by atoms with Gasteiger partial charge in [-0.25, -0.2) is 0 Å². The van der Waals surface area contributed by atoms with Crippen molar-refractivity contribution in [3.05, 3.63) is 97.1 Å². The van der Waals surface area contributed by atoms with Crippen LogP contribution in [0.15, 0.2) is 86.0 Å². The van der Waals surface area contributed by atoms with E-state index < -0.39 is 0 Å². The lowest BCUT2D eigenvalue weighted by atomic mass is 10.1. The van der Waals surface area contributed by atoms with Crippen molar-refractivity contribution in [2.45, 2.75) is 0 Å². The smallest absolute Gasteiger partial charge is 0.0538 e. The van der Waals surface area contributed by atoms with Crippen LogP contribution in [0.4, 0.5) is 0 Å². The van der Waals surface area contributed by atoms with E-state index in [4.69, 9.17) is 0 Å². The Kier molecular flexibility index (Phi) is 4.39. The molecule has 0 fully saturated rings. The summed E-state index contributed by atoms with van der Waals surface area (Å²) in [6.45, 7) is 7.46. The van der Waals surface area contributed by atoms with Gasteiger partial charge in [-0.2, -0.15) is 0 Å². The number of aromatic nitrogens is 1. The minimum atomic E-state index is 1.16. The number of nitrogens with one attached hydrogen (secondary N) is 1. The fraction of sp³-hybridized carbons (Fsp3) is 0. The zero-order valence-corrected chi connectivity index (χ0v) is 13.0. The summed E-state index contributed by atoms with van der Waals surface area (Å²) < 4.78 is 0. The van der Waals surface area contributed by atoms with Crippen LogP contribution in [0.1, 0.15) is 11.1 Å². The van der Waals surface area contributed by atoms with E-state index in [0.717, 1.165) is 5.56 Å². The van der Waals surface area contributed by atoms with Crippen LogP contribution in [0, 0.1) is 0 Å². The molecule has 0 saturated carbocycles. The van der Waals surface area contributed by atoms with Gasteiger partial charge < -0.3 is 4.98 Å². The minimum Gasteiger partial charge on any atom is -0.354 e. The van der Waals surface area contributed by atoms with Gasteiger partial charge >= 0.3 is 0 Å². The highest BCUT2D eigenvalue weighted by atomic mass is 14.7. The van der Waals surface area contributed by atoms with E-state index in [1.54, 1.807) is 0 Å². The molecule has 0 amide bonds. The van der Waals surface area contributed by atoms with Crippen molar-refractivity contribution in [1.29, 1.82) is 0 Å². The monoisotopic (exact) mass is 297 g/mol. The predicted octanol–water partition coefficient (Wildman–Crippen LogP) is 6.29. The van der Waals surface area contributed by atoms with Gasteiger partial charge in [-0.15, -0.1) is 0 Å². The van der Waals surface area contributed by atoms with E-state index in [0.29, 0.717) is 0 Å². The first-order chi connectivity index (χ1) is 11.3. The molecule has 0 unspecified atom stereocenters. The largest absolute Gasteiger partial charge is 0.354 e. The number of benzene rings is 3. The molecule has 4 aromatic rings. The number of para-hydroxylation sites is 2. The Balaban J connectivity index is 0.000000166. The van der Waals surface area contributed by atoms with Crippen molar-refractivity contribution in [1.82, 2.24) is 4.98 Å². The van der Waals surface area contributed by atoms with Crippen molar-refractivity contribution in [2.75, 3.05) is 0 Å². The molecule has 112 valence electrons. The van der Waals surface area contributed by atoms with Crippen LogP contribution in [0.5, 0.6) is 0 Å². The first-order valence-electron chi connectivity index (χ1n) is 7.63. The fourth-order valence-corrected chi connectivity index (χ4v) is 2.66. The van der Waals surface area contributed by atoms with E-state index in [1.807, 2.05) is 48.6 Å². The Morgan fingerprint density at radius 2 is 1.35 bits per heavy atom. The Morgan fingerprint density at radius 3 is 2.04 bits per heavy atom. The fourth-order valence-electron chi connectivity index (χ4n) is 2.66. The molecule has 1 nitrogen and oxygen atoms in total. The van der Waals surface area contributed by atoms with E-state index in [-0.39, 0.29) is 0 Å². The van der Waals surface area contributed by atoms with E-state index in [2.05, 4.69) is 54.5 Å². The maximum Gasteiger partial charge on any atom is 0.0538 e. The third-order valence-electron chi connectivity index (χ3n) is 3.83. The topological polar surface area (TPSA) is 15.8 Å². The summed E-state index contributed by atoms with van der Waals surface area (Å²) in [6.07, 6.45) is 3.72. The molecule has 0 bridgehead atoms. The van der Waals surface area contributed by atoms with Gasteiger partial charge in [-0.05, 0) is 17.2 Å². The van der Waals surface area contributed by atoms with Crippen LogP contribution < -0.4 is 0 Å². The second-order valence-electron chi connectivity index (χ2n) is 5.26. The van der Waals surface area contributed by atoms with Gasteiger partial charge in [0.2, 0.25) is 0 Å². The third-order valence-corrected chi connectivity index (χ3v) is 3.83. The molecule has 4 rings (SSSR count). The first-order valence-corrected chi connectivity index (χ1v) is 7.63. The molecule has 0 atom stereocenters. The lowest BCUT2D eigenvalue weighted by Crippen LogP contribution is -1.73. The molecule has 23 heavy (non-hydrogen) atoms. The lowest BCUT2D eigenvalue weighted by molar-refractivity contribution is 1.53. The molecule has 3 aromatic carbocycles. The zero-order chi connectivity index (χ0) is 16.1. The number of aromatic amines is 1. The molecule has 1 aromatic heterocycles. The van der Waals surface area contributed by atoms with Crippen molar-refractivity contribution in [3.63, 3.8) is 0 Å². The molecule has 1 heteroatoms. The lowest BCUT2D eigenvalue weighted by Gasteiger charge is -1.94. The number of fused-ring (bicyclic) bond motifs is 3. The van der Waals surface area contributed by atoms with Gasteiger partial charge in [0.25, 0.3) is 0 Å². The summed E-state index contributed by atoms with van der Waals surface area (Å²) in [4.78, 5) is 3.43. The molecule has 0 aliphatic rings. The van der Waals surface area contributed by atoms with Crippen molar-refractivity contribution >= 4 is 34.0 Å². The second-order valence-corrected chi connectivity index (χ2v) is 5.26. The molecule has 1 N–H and O–H groups in total. The summed E-state index contributed by atoms with van der Waals surface area (Å²) in [5, 5.41) is 2.54. The van der Waals surface area contributed by atoms with Gasteiger partial charge in [0.05, 0.1) is 5.52 Å². The summed E-state index contributed by atoms with van der Waals surface area (Å²) in [6, 6.07) is 24.7. The Morgan fingerprint density at radius 1 is 0.652 bits per heavy atom. The Bertz CT molecular complexity index is 945. The van der Waals surface area contributed by atoms with Crippen molar-refractivity contribution in [2.24, 2.45) is 0 Å². The summed E-state index contributed by atoms with van der Waals surface area (Å²) in [5.41, 5.74) is 4.69. The highest BCUT2D eigenvalue weighted by Gasteiger charge is 2.04. The number of rotatable bonds is 2. The molecule has 0 radical (unpaired) electrons. The van der Waals surface area contributed by atoms with E-state index in [1.165, 1.54) is 27.4 Å². The van der Waals surface area contributed by atoms with Crippen LogP contribution in [0.2, 0.25) is 0 Å². The average molecular weight is 297 g/mol. The summed E-state index contributed by atoms with van der Waals surface area (Å²) in [5.74, 6) is 0. The average Bonchev–Trinajstić information content (AvgIpc) is 3.02. The third kappa shape index (κ3) is 3.09. The quantitative estimate of drug-likeness (QED) is 0.447. The molecular formula is C22H19N. The van der Waals surface area contributed by atoms with Crippen molar-refractivity contribution in [3.8, 4) is 0 Å². The molecule has 0 aliphatic carbocycles. The van der Waals surface area contributed by atoms with Gasteiger partial charge in [-0.3, -0.25) is 0 Å². The Hall–Kier alpha value is -3.06. The van der Waals surface area contributed by atoms with Crippen LogP contribution >= 0.6 is 0 Å². The molecule has 0 saturated heterocycles. The summed E-state index contributed by atoms with van der Waals surface area (Å²) >= 11 is 0. The molecule has 0 spiro atoms. The number of hydrogen-bond acceptors (Lipinski definition) is 0. The van der Waals surface area contributed by atoms with Gasteiger partial charge in [-0.1, -0.05) is 92.0 Å². The van der Waals surface area contributed by atoms with Crippen LogP contribution in [-0.2, 0) is 0 Å². The predicted molar refractivity (Wildman–Crippen MR) is 102 cm³/mol. The van der Waals surface area contributed by atoms with Gasteiger partial charge in [0.1, 0.15) is 0 Å². The number of hydrogen-bond donors (Lipinski definition) is 1. The van der Waals surface area contributed by atoms with Gasteiger partial charge in [0, 0.05) is 16.3 Å². The normalized spacial score (nSPS) is 10.1. The highest BCUT2D eigenvalue weighted by molar-refractivity contribution is 6.09. The highest BCUT2D eigenvalue weighted by Crippen LogP contribution is 2.27. The Labute approximate surface area is 136 Å². The first kappa shape index (κ1) is 14.9. The van der Waals surface area contributed by atoms with Crippen LogP contribution in [0.3, 0.4) is 0 Å². The maximum absolute atomic E-state index is 3.83. The second kappa shape index (κ2) is 6.80. The van der Waals surface area contributed by atoms with E-state index in [9.17, 15) is 0 Å². The molecular weight excluding hydrogens is 278 g/mol. The maximum atomic E-state index is 3.83. The van der Waals surface area contributed by atoms with Crippen LogP contribution in [-0.4, -0.2) is 4.98 Å². The van der Waals surface area contributed by atoms with Crippen molar-refractivity contribution < 1.29 is 0 Å².